The van der Waals surface area contributed by atoms with Crippen LogP contribution >= 0.6 is 11.6 Å². The number of halogens is 1. The van der Waals surface area contributed by atoms with Gasteiger partial charge in [-0.15, -0.1) is 0 Å². The Morgan fingerprint density at radius 2 is 2.14 bits per heavy atom. The molecule has 7 heteroatoms. The van der Waals surface area contributed by atoms with Gasteiger partial charge in [0.1, 0.15) is 11.1 Å². The van der Waals surface area contributed by atoms with Crippen molar-refractivity contribution in [1.29, 1.82) is 0 Å². The molecule has 1 aliphatic carbocycles. The Balaban J connectivity index is 1.54. The van der Waals surface area contributed by atoms with Gasteiger partial charge in [0.15, 0.2) is 0 Å². The van der Waals surface area contributed by atoms with Gasteiger partial charge < -0.3 is 15.4 Å². The SMILES string of the molecule is CCNC(=O)c1ccc2c(c1)C1(CCC(Oc3ncccc3Cl)CC1)C(=O)N2. The van der Waals surface area contributed by atoms with Crippen molar-refractivity contribution in [3.63, 3.8) is 0 Å². The summed E-state index contributed by atoms with van der Waals surface area (Å²) in [5.74, 6) is 0.311. The Labute approximate surface area is 168 Å². The summed E-state index contributed by atoms with van der Waals surface area (Å²) in [5, 5.41) is 6.28. The molecular formula is C21H22ClN3O3. The molecule has 2 amide bonds. The normalized spacial score (nSPS) is 23.2. The third-order valence-electron chi connectivity index (χ3n) is 5.61. The predicted molar refractivity (Wildman–Crippen MR) is 107 cm³/mol. The van der Waals surface area contributed by atoms with Gasteiger partial charge in [0.05, 0.1) is 5.41 Å². The highest BCUT2D eigenvalue weighted by atomic mass is 35.5. The number of aromatic nitrogens is 1. The standard InChI is InChI=1S/C21H22ClN3O3/c1-2-23-18(26)13-5-6-17-15(12-13)21(20(27)25-17)9-7-14(8-10-21)28-19-16(22)4-3-11-24-19/h3-6,11-12,14H,2,7-10H2,1H3,(H,23,26)(H,25,27). The fraction of sp³-hybridized carbons (Fsp3) is 0.381. The van der Waals surface area contributed by atoms with E-state index in [0.29, 0.717) is 48.7 Å². The van der Waals surface area contributed by atoms with Crippen LogP contribution in [0.4, 0.5) is 5.69 Å². The molecule has 0 bridgehead atoms. The second kappa shape index (κ2) is 7.43. The van der Waals surface area contributed by atoms with Crippen molar-refractivity contribution < 1.29 is 14.3 Å². The number of fused-ring (bicyclic) bond motifs is 2. The summed E-state index contributed by atoms with van der Waals surface area (Å²) in [6.45, 7) is 2.44. The van der Waals surface area contributed by atoms with Gasteiger partial charge in [0.2, 0.25) is 11.8 Å². The highest BCUT2D eigenvalue weighted by Gasteiger charge is 2.49. The van der Waals surface area contributed by atoms with Crippen molar-refractivity contribution in [2.24, 2.45) is 0 Å². The molecule has 1 aromatic heterocycles. The molecule has 28 heavy (non-hydrogen) atoms. The van der Waals surface area contributed by atoms with Crippen LogP contribution in [0.2, 0.25) is 5.02 Å². The van der Waals surface area contributed by atoms with Crippen LogP contribution in [0.3, 0.4) is 0 Å². The summed E-state index contributed by atoms with van der Waals surface area (Å²) in [6.07, 6.45) is 4.34. The lowest BCUT2D eigenvalue weighted by molar-refractivity contribution is -0.122. The van der Waals surface area contributed by atoms with Crippen LogP contribution in [0, 0.1) is 0 Å². The average Bonchev–Trinajstić information content (AvgIpc) is 2.96. The molecule has 0 radical (unpaired) electrons. The van der Waals surface area contributed by atoms with E-state index in [9.17, 15) is 9.59 Å². The van der Waals surface area contributed by atoms with Crippen molar-refractivity contribution in [3.05, 3.63) is 52.7 Å². The smallest absolute Gasteiger partial charge is 0.251 e. The molecule has 0 atom stereocenters. The summed E-state index contributed by atoms with van der Waals surface area (Å²) in [7, 11) is 0. The number of hydrogen-bond acceptors (Lipinski definition) is 4. The number of hydrogen-bond donors (Lipinski definition) is 2. The number of carbonyl (C=O) groups excluding carboxylic acids is 2. The Morgan fingerprint density at radius 3 is 2.86 bits per heavy atom. The fourth-order valence-electron chi connectivity index (χ4n) is 4.13. The third-order valence-corrected chi connectivity index (χ3v) is 5.89. The Kier molecular flexibility index (Phi) is 4.98. The van der Waals surface area contributed by atoms with E-state index < -0.39 is 5.41 Å². The first-order chi connectivity index (χ1) is 13.5. The minimum atomic E-state index is -0.606. The zero-order valence-electron chi connectivity index (χ0n) is 15.6. The van der Waals surface area contributed by atoms with Crippen LogP contribution in [0.25, 0.3) is 0 Å². The van der Waals surface area contributed by atoms with Gasteiger partial charge in [-0.2, -0.15) is 0 Å². The number of nitrogens with one attached hydrogen (secondary N) is 2. The zero-order chi connectivity index (χ0) is 19.7. The predicted octanol–water partition coefficient (Wildman–Crippen LogP) is 3.70. The molecule has 2 N–H and O–H groups in total. The number of rotatable bonds is 4. The van der Waals surface area contributed by atoms with Crippen LogP contribution < -0.4 is 15.4 Å². The van der Waals surface area contributed by atoms with Crippen molar-refractivity contribution >= 4 is 29.1 Å². The van der Waals surface area contributed by atoms with Crippen LogP contribution in [0.1, 0.15) is 48.5 Å². The second-order valence-corrected chi connectivity index (χ2v) is 7.67. The molecule has 0 unspecified atom stereocenters. The van der Waals surface area contributed by atoms with Crippen LogP contribution in [-0.2, 0) is 10.2 Å². The van der Waals surface area contributed by atoms with Gasteiger partial charge in [0, 0.05) is 24.0 Å². The maximum Gasteiger partial charge on any atom is 0.251 e. The number of anilines is 1. The van der Waals surface area contributed by atoms with E-state index in [0.717, 1.165) is 11.3 Å². The molecule has 1 aromatic carbocycles. The molecule has 146 valence electrons. The molecular weight excluding hydrogens is 378 g/mol. The van der Waals surface area contributed by atoms with Crippen molar-refractivity contribution in [1.82, 2.24) is 10.3 Å². The van der Waals surface area contributed by atoms with E-state index in [-0.39, 0.29) is 17.9 Å². The minimum absolute atomic E-state index is 0.00451. The van der Waals surface area contributed by atoms with E-state index in [2.05, 4.69) is 15.6 Å². The third kappa shape index (κ3) is 3.22. The van der Waals surface area contributed by atoms with Gasteiger partial charge in [-0.1, -0.05) is 11.6 Å². The van der Waals surface area contributed by atoms with Crippen LogP contribution in [0.5, 0.6) is 5.88 Å². The van der Waals surface area contributed by atoms with Gasteiger partial charge >= 0.3 is 0 Å². The minimum Gasteiger partial charge on any atom is -0.473 e. The molecule has 1 spiro atoms. The van der Waals surface area contributed by atoms with Gasteiger partial charge in [-0.05, 0) is 68.5 Å². The largest absolute Gasteiger partial charge is 0.473 e. The van der Waals surface area contributed by atoms with Crippen LogP contribution in [0.15, 0.2) is 36.5 Å². The fourth-order valence-corrected chi connectivity index (χ4v) is 4.30. The lowest BCUT2D eigenvalue weighted by Gasteiger charge is -2.35. The van der Waals surface area contributed by atoms with Crippen molar-refractivity contribution in [2.75, 3.05) is 11.9 Å². The molecule has 2 aliphatic rings. The number of carbonyl (C=O) groups is 2. The summed E-state index contributed by atoms with van der Waals surface area (Å²) in [4.78, 5) is 29.3. The summed E-state index contributed by atoms with van der Waals surface area (Å²) >= 11 is 6.14. The first-order valence-corrected chi connectivity index (χ1v) is 9.92. The number of benzene rings is 1. The molecule has 1 aliphatic heterocycles. The summed E-state index contributed by atoms with van der Waals surface area (Å²) in [6, 6.07) is 8.94. The molecule has 6 nitrogen and oxygen atoms in total. The molecule has 4 rings (SSSR count). The lowest BCUT2D eigenvalue weighted by atomic mass is 9.69. The summed E-state index contributed by atoms with van der Waals surface area (Å²) in [5.41, 5.74) is 1.68. The molecule has 1 saturated carbocycles. The molecule has 1 fully saturated rings. The molecule has 0 saturated heterocycles. The van der Waals surface area contributed by atoms with E-state index in [1.807, 2.05) is 19.1 Å². The van der Waals surface area contributed by atoms with E-state index in [1.165, 1.54) is 0 Å². The van der Waals surface area contributed by atoms with Crippen molar-refractivity contribution in [3.8, 4) is 5.88 Å². The zero-order valence-corrected chi connectivity index (χ0v) is 16.4. The Bertz CT molecular complexity index is 923. The average molecular weight is 400 g/mol. The number of ether oxygens (including phenoxy) is 1. The van der Waals surface area contributed by atoms with E-state index in [4.69, 9.17) is 16.3 Å². The highest BCUT2D eigenvalue weighted by Crippen LogP contribution is 2.48. The number of nitrogens with zero attached hydrogens (tertiary/aromatic N) is 1. The second-order valence-electron chi connectivity index (χ2n) is 7.26. The maximum absolute atomic E-state index is 12.8. The first-order valence-electron chi connectivity index (χ1n) is 9.55. The quantitative estimate of drug-likeness (QED) is 0.821. The Morgan fingerprint density at radius 1 is 1.36 bits per heavy atom. The maximum atomic E-state index is 12.8. The van der Waals surface area contributed by atoms with Crippen molar-refractivity contribution in [2.45, 2.75) is 44.1 Å². The highest BCUT2D eigenvalue weighted by molar-refractivity contribution is 6.31. The molecule has 2 heterocycles. The lowest BCUT2D eigenvalue weighted by Crippen LogP contribution is -2.41. The molecule has 2 aromatic rings. The number of amides is 2. The monoisotopic (exact) mass is 399 g/mol. The topological polar surface area (TPSA) is 80.3 Å². The van der Waals surface area contributed by atoms with Crippen LogP contribution in [-0.4, -0.2) is 29.4 Å². The van der Waals surface area contributed by atoms with Gasteiger partial charge in [-0.3, -0.25) is 9.59 Å². The Hall–Kier alpha value is -2.60. The van der Waals surface area contributed by atoms with E-state index in [1.54, 1.807) is 24.4 Å². The first kappa shape index (κ1) is 18.7. The van der Waals surface area contributed by atoms with E-state index >= 15 is 0 Å². The van der Waals surface area contributed by atoms with Gasteiger partial charge in [-0.25, -0.2) is 4.98 Å². The number of pyridine rings is 1. The summed E-state index contributed by atoms with van der Waals surface area (Å²) < 4.78 is 5.97. The van der Waals surface area contributed by atoms with Gasteiger partial charge in [0.25, 0.3) is 5.91 Å².